The summed E-state index contributed by atoms with van der Waals surface area (Å²) in [7, 11) is -4.54. The average molecular weight is 607 g/mol. The Morgan fingerprint density at radius 2 is 1.81 bits per heavy atom. The second-order valence-corrected chi connectivity index (χ2v) is 11.3. The van der Waals surface area contributed by atoms with E-state index in [0.29, 0.717) is 30.9 Å². The Balaban J connectivity index is 1.50. The summed E-state index contributed by atoms with van der Waals surface area (Å²) in [5.74, 6) is -0.647. The molecule has 2 aliphatic rings. The number of benzene rings is 1. The van der Waals surface area contributed by atoms with E-state index in [4.69, 9.17) is 5.14 Å². The van der Waals surface area contributed by atoms with Crippen molar-refractivity contribution >= 4 is 27.9 Å². The summed E-state index contributed by atoms with van der Waals surface area (Å²) >= 11 is 0. The molecule has 1 aliphatic heterocycles. The van der Waals surface area contributed by atoms with E-state index in [9.17, 15) is 26.4 Å². The SMILES string of the molecule is NS(=O)(=O)OC(=O)c1cccc(N(c2ccncn2)[C@H]2CC[C@H](c3cccc(OC(F)(F)F)c3)C[C@@H]2N2CCCC2)n1. The molecule has 3 aromatic rings. The molecule has 2 fully saturated rings. The fraction of sp³-hybridized carbons (Fsp3) is 0.407. The van der Waals surface area contributed by atoms with Crippen LogP contribution in [0.25, 0.3) is 0 Å². The Bertz CT molecular complexity index is 1510. The number of carbonyl (C=O) groups is 1. The summed E-state index contributed by atoms with van der Waals surface area (Å²) in [4.78, 5) is 29.6. The molecule has 5 rings (SSSR count). The first-order chi connectivity index (χ1) is 20.0. The van der Waals surface area contributed by atoms with Gasteiger partial charge in [0.15, 0.2) is 5.69 Å². The van der Waals surface area contributed by atoms with Crippen molar-refractivity contribution in [3.63, 3.8) is 0 Å². The molecule has 3 heterocycles. The zero-order valence-corrected chi connectivity index (χ0v) is 23.2. The van der Waals surface area contributed by atoms with Crippen LogP contribution in [-0.2, 0) is 14.5 Å². The van der Waals surface area contributed by atoms with Crippen molar-refractivity contribution in [3.8, 4) is 5.75 Å². The molecule has 1 saturated heterocycles. The van der Waals surface area contributed by atoms with Crippen LogP contribution in [0, 0.1) is 0 Å². The first kappa shape index (κ1) is 29.7. The van der Waals surface area contributed by atoms with Gasteiger partial charge in [-0.3, -0.25) is 4.90 Å². The standard InChI is InChI=1S/C27H29F3N6O5S/c28-27(29,30)40-20-6-3-5-18(15-20)19-9-10-22(23(16-19)35-13-1-2-14-35)36(24-11-12-32-17-33-24)25-8-4-7-21(34-25)26(37)41-42(31,38)39/h3-8,11-12,15,17,19,22-23H,1-2,9-10,13-14,16H2,(H2,31,38,39)/t19-,22-,23-/m0/s1. The maximum Gasteiger partial charge on any atom is 0.573 e. The number of hydrogen-bond acceptors (Lipinski definition) is 10. The van der Waals surface area contributed by atoms with Crippen LogP contribution < -0.4 is 14.8 Å². The van der Waals surface area contributed by atoms with Gasteiger partial charge >= 0.3 is 22.6 Å². The number of hydrogen-bond donors (Lipinski definition) is 1. The molecule has 1 aliphatic carbocycles. The van der Waals surface area contributed by atoms with E-state index in [1.54, 1.807) is 30.5 Å². The second kappa shape index (κ2) is 12.2. The Hall–Kier alpha value is -3.82. The molecule has 2 aromatic heterocycles. The molecule has 0 bridgehead atoms. The molecule has 11 nitrogen and oxygen atoms in total. The third kappa shape index (κ3) is 7.33. The lowest BCUT2D eigenvalue weighted by atomic mass is 9.77. The van der Waals surface area contributed by atoms with Gasteiger partial charge in [-0.05, 0) is 87.0 Å². The molecule has 0 unspecified atom stereocenters. The normalized spacial score (nSPS) is 21.6. The Kier molecular flexibility index (Phi) is 8.61. The second-order valence-electron chi connectivity index (χ2n) is 10.2. The van der Waals surface area contributed by atoms with Crippen LogP contribution in [0.1, 0.15) is 54.1 Å². The van der Waals surface area contributed by atoms with E-state index in [1.807, 2.05) is 11.0 Å². The minimum Gasteiger partial charge on any atom is -0.406 e. The van der Waals surface area contributed by atoms with Gasteiger partial charge in [0.05, 0.1) is 6.04 Å². The maximum atomic E-state index is 12.9. The third-order valence-electron chi connectivity index (χ3n) is 7.48. The minimum atomic E-state index is -4.78. The quantitative estimate of drug-likeness (QED) is 0.399. The molecule has 2 N–H and O–H groups in total. The number of nitrogens with zero attached hydrogens (tertiary/aromatic N) is 5. The first-order valence-electron chi connectivity index (χ1n) is 13.4. The molecule has 42 heavy (non-hydrogen) atoms. The fourth-order valence-electron chi connectivity index (χ4n) is 5.87. The number of halogens is 3. The number of nitrogens with two attached hydrogens (primary N) is 1. The van der Waals surface area contributed by atoms with E-state index in [0.717, 1.165) is 31.5 Å². The van der Waals surface area contributed by atoms with Gasteiger partial charge in [-0.25, -0.2) is 19.7 Å². The van der Waals surface area contributed by atoms with E-state index >= 15 is 0 Å². The molecule has 1 aromatic carbocycles. The number of rotatable bonds is 8. The van der Waals surface area contributed by atoms with Gasteiger partial charge in [0, 0.05) is 12.2 Å². The van der Waals surface area contributed by atoms with Crippen LogP contribution >= 0.6 is 0 Å². The van der Waals surface area contributed by atoms with Crippen LogP contribution in [0.2, 0.25) is 0 Å². The molecule has 3 atom stereocenters. The van der Waals surface area contributed by atoms with Crippen molar-refractivity contribution in [2.24, 2.45) is 5.14 Å². The summed E-state index contributed by atoms with van der Waals surface area (Å²) in [6, 6.07) is 12.1. The Labute approximate surface area is 240 Å². The summed E-state index contributed by atoms with van der Waals surface area (Å²) in [6.45, 7) is 1.72. The first-order valence-corrected chi connectivity index (χ1v) is 14.8. The van der Waals surface area contributed by atoms with Crippen molar-refractivity contribution in [1.82, 2.24) is 19.9 Å². The fourth-order valence-corrected chi connectivity index (χ4v) is 6.17. The molecular weight excluding hydrogens is 577 g/mol. The van der Waals surface area contributed by atoms with Crippen molar-refractivity contribution in [2.75, 3.05) is 18.0 Å². The summed E-state index contributed by atoms with van der Waals surface area (Å²) in [5.41, 5.74) is 0.507. The predicted octanol–water partition coefficient (Wildman–Crippen LogP) is 4.07. The van der Waals surface area contributed by atoms with Crippen LogP contribution in [0.15, 0.2) is 61.1 Å². The lowest BCUT2D eigenvalue weighted by molar-refractivity contribution is -0.274. The number of anilines is 2. The van der Waals surface area contributed by atoms with E-state index in [-0.39, 0.29) is 29.4 Å². The third-order valence-corrected chi connectivity index (χ3v) is 7.86. The van der Waals surface area contributed by atoms with E-state index in [1.165, 1.54) is 24.5 Å². The molecule has 0 spiro atoms. The van der Waals surface area contributed by atoms with Crippen LogP contribution in [0.4, 0.5) is 24.8 Å². The highest BCUT2D eigenvalue weighted by Crippen LogP contribution is 2.42. The van der Waals surface area contributed by atoms with Gasteiger partial charge in [0.25, 0.3) is 0 Å². The van der Waals surface area contributed by atoms with Gasteiger partial charge in [-0.2, -0.15) is 13.6 Å². The largest absolute Gasteiger partial charge is 0.573 e. The lowest BCUT2D eigenvalue weighted by Gasteiger charge is -2.46. The maximum absolute atomic E-state index is 12.9. The smallest absolute Gasteiger partial charge is 0.406 e. The highest BCUT2D eigenvalue weighted by atomic mass is 32.2. The number of pyridine rings is 1. The molecule has 224 valence electrons. The predicted molar refractivity (Wildman–Crippen MR) is 145 cm³/mol. The number of carbonyl (C=O) groups excluding carboxylic acids is 1. The number of likely N-dealkylation sites (tertiary alicyclic amines) is 1. The van der Waals surface area contributed by atoms with E-state index in [2.05, 4.69) is 28.8 Å². The Morgan fingerprint density at radius 1 is 1.05 bits per heavy atom. The van der Waals surface area contributed by atoms with Gasteiger partial charge in [-0.1, -0.05) is 18.2 Å². The van der Waals surface area contributed by atoms with Gasteiger partial charge in [0.1, 0.15) is 23.7 Å². The molecular formula is C27H29F3N6O5S. The van der Waals surface area contributed by atoms with Gasteiger partial charge in [-0.15, -0.1) is 13.2 Å². The van der Waals surface area contributed by atoms with Crippen molar-refractivity contribution in [3.05, 3.63) is 72.3 Å². The zero-order valence-electron chi connectivity index (χ0n) is 22.4. The molecule has 0 amide bonds. The molecule has 15 heteroatoms. The summed E-state index contributed by atoms with van der Waals surface area (Å²) < 4.78 is 69.8. The molecule has 0 radical (unpaired) electrons. The van der Waals surface area contributed by atoms with Gasteiger partial charge < -0.3 is 13.8 Å². The van der Waals surface area contributed by atoms with Gasteiger partial charge in [0.2, 0.25) is 0 Å². The number of ether oxygens (including phenoxy) is 1. The molecule has 1 saturated carbocycles. The van der Waals surface area contributed by atoms with Crippen LogP contribution in [0.3, 0.4) is 0 Å². The number of aromatic nitrogens is 3. The summed E-state index contributed by atoms with van der Waals surface area (Å²) in [5, 5.41) is 4.87. The van der Waals surface area contributed by atoms with Crippen molar-refractivity contribution in [1.29, 1.82) is 0 Å². The zero-order chi connectivity index (χ0) is 29.9. The van der Waals surface area contributed by atoms with Crippen LogP contribution in [-0.4, -0.2) is 65.8 Å². The number of alkyl halides is 3. The van der Waals surface area contributed by atoms with Crippen molar-refractivity contribution < 1.29 is 35.3 Å². The monoisotopic (exact) mass is 606 g/mol. The Morgan fingerprint density at radius 3 is 2.50 bits per heavy atom. The topological polar surface area (TPSA) is 141 Å². The highest BCUT2D eigenvalue weighted by Gasteiger charge is 2.41. The average Bonchev–Trinajstić information content (AvgIpc) is 3.48. The van der Waals surface area contributed by atoms with E-state index < -0.39 is 22.6 Å². The highest BCUT2D eigenvalue weighted by molar-refractivity contribution is 7.84. The van der Waals surface area contributed by atoms with Crippen molar-refractivity contribution in [2.45, 2.75) is 56.5 Å². The lowest BCUT2D eigenvalue weighted by Crippen LogP contribution is -2.53. The van der Waals surface area contributed by atoms with Crippen LogP contribution in [0.5, 0.6) is 5.75 Å². The summed E-state index contributed by atoms with van der Waals surface area (Å²) in [6.07, 6.45) is 2.14. The minimum absolute atomic E-state index is 0.0279.